The van der Waals surface area contributed by atoms with Crippen molar-refractivity contribution in [3.05, 3.63) is 59.7 Å². The van der Waals surface area contributed by atoms with Gasteiger partial charge in [-0.3, -0.25) is 9.59 Å². The Labute approximate surface area is 241 Å². The number of carbonyl (C=O) groups excluding carboxylic acids is 2. The normalized spacial score (nSPS) is 13.4. The van der Waals surface area contributed by atoms with Crippen LogP contribution < -0.4 is 0 Å². The number of aryl methyl sites for hydroxylation is 1. The molecule has 0 bridgehead atoms. The van der Waals surface area contributed by atoms with Crippen LogP contribution in [-0.2, 0) is 25.5 Å². The number of rotatable bonds is 15. The standard InChI is InChI=1S/C33H48O6Si/c1-8-9-10-28(32(37)39-33(2,3)4)23-29(31(36)38-21-22-40(5,6)7)16-13-24-11-14-25(15-12-24)26-17-19-27(20-18-26)30(34)35/h11-12,14-15,17-20,28-29H,8-10,13,16,21-23H2,1-7H3,(H,34,35)/t28-,29+/m0/s1. The molecule has 0 aromatic heterocycles. The largest absolute Gasteiger partial charge is 0.478 e. The van der Waals surface area contributed by atoms with Crippen molar-refractivity contribution in [2.45, 2.75) is 97.5 Å². The van der Waals surface area contributed by atoms with E-state index in [1.54, 1.807) is 24.3 Å². The van der Waals surface area contributed by atoms with E-state index in [0.717, 1.165) is 35.6 Å². The zero-order valence-electron chi connectivity index (χ0n) is 25.4. The third kappa shape index (κ3) is 12.1. The van der Waals surface area contributed by atoms with Crippen molar-refractivity contribution in [3.63, 3.8) is 0 Å². The Hall–Kier alpha value is -2.93. The molecule has 0 saturated heterocycles. The summed E-state index contributed by atoms with van der Waals surface area (Å²) >= 11 is 0. The van der Waals surface area contributed by atoms with Crippen LogP contribution in [-0.4, -0.2) is 43.3 Å². The zero-order chi connectivity index (χ0) is 29.9. The number of hydrogen-bond donors (Lipinski definition) is 1. The fourth-order valence-electron chi connectivity index (χ4n) is 4.43. The molecule has 7 heteroatoms. The number of carbonyl (C=O) groups is 3. The van der Waals surface area contributed by atoms with Crippen molar-refractivity contribution >= 4 is 26.0 Å². The van der Waals surface area contributed by atoms with E-state index in [2.05, 4.69) is 26.6 Å². The molecule has 0 fully saturated rings. The number of esters is 2. The lowest BCUT2D eigenvalue weighted by Gasteiger charge is -2.26. The lowest BCUT2D eigenvalue weighted by atomic mass is 9.86. The first-order valence-corrected chi connectivity index (χ1v) is 18.2. The first-order chi connectivity index (χ1) is 18.7. The van der Waals surface area contributed by atoms with Crippen molar-refractivity contribution in [3.8, 4) is 11.1 Å². The fraction of sp³-hybridized carbons (Fsp3) is 0.545. The highest BCUT2D eigenvalue weighted by atomic mass is 28.3. The first kappa shape index (κ1) is 33.3. The molecule has 2 aromatic rings. The number of aromatic carboxylic acids is 1. The molecule has 0 spiro atoms. The summed E-state index contributed by atoms with van der Waals surface area (Å²) < 4.78 is 11.5. The molecular weight excluding hydrogens is 520 g/mol. The number of carboxylic acid groups (broad SMARTS) is 1. The first-order valence-electron chi connectivity index (χ1n) is 14.5. The topological polar surface area (TPSA) is 89.9 Å². The fourth-order valence-corrected chi connectivity index (χ4v) is 5.14. The van der Waals surface area contributed by atoms with Gasteiger partial charge in [-0.05, 0) is 81.3 Å². The van der Waals surface area contributed by atoms with E-state index in [9.17, 15) is 14.4 Å². The average Bonchev–Trinajstić information content (AvgIpc) is 2.86. The van der Waals surface area contributed by atoms with Crippen LogP contribution in [0, 0.1) is 11.8 Å². The summed E-state index contributed by atoms with van der Waals surface area (Å²) in [5.41, 5.74) is 2.70. The van der Waals surface area contributed by atoms with Gasteiger partial charge in [0.25, 0.3) is 0 Å². The number of hydrogen-bond acceptors (Lipinski definition) is 5. The van der Waals surface area contributed by atoms with Crippen molar-refractivity contribution in [1.29, 1.82) is 0 Å². The van der Waals surface area contributed by atoms with E-state index in [4.69, 9.17) is 14.6 Å². The average molecular weight is 569 g/mol. The molecule has 0 unspecified atom stereocenters. The van der Waals surface area contributed by atoms with Gasteiger partial charge < -0.3 is 14.6 Å². The third-order valence-electron chi connectivity index (χ3n) is 6.85. The molecule has 6 nitrogen and oxygen atoms in total. The summed E-state index contributed by atoms with van der Waals surface area (Å²) in [7, 11) is -1.35. The summed E-state index contributed by atoms with van der Waals surface area (Å²) in [5.74, 6) is -2.14. The maximum Gasteiger partial charge on any atom is 0.335 e. The number of benzene rings is 2. The SMILES string of the molecule is CCCC[C@@H](C[C@@H](CCc1ccc(-c2ccc(C(=O)O)cc2)cc1)C(=O)OCC[Si](C)(C)C)C(=O)OC(C)(C)C. The van der Waals surface area contributed by atoms with Gasteiger partial charge in [0.2, 0.25) is 0 Å². The maximum atomic E-state index is 13.3. The van der Waals surface area contributed by atoms with Crippen LogP contribution in [0.1, 0.15) is 75.7 Å². The van der Waals surface area contributed by atoms with Crippen molar-refractivity contribution in [2.24, 2.45) is 11.8 Å². The molecular formula is C33H48O6Si. The van der Waals surface area contributed by atoms with Gasteiger partial charge in [-0.1, -0.05) is 75.8 Å². The monoisotopic (exact) mass is 568 g/mol. The van der Waals surface area contributed by atoms with E-state index >= 15 is 0 Å². The highest BCUT2D eigenvalue weighted by Crippen LogP contribution is 2.28. The summed E-state index contributed by atoms with van der Waals surface area (Å²) in [4.78, 5) is 37.5. The third-order valence-corrected chi connectivity index (χ3v) is 8.55. The maximum absolute atomic E-state index is 13.3. The smallest absolute Gasteiger partial charge is 0.335 e. The molecule has 0 aliphatic heterocycles. The molecule has 1 N–H and O–H groups in total. The molecule has 0 saturated carbocycles. The predicted octanol–water partition coefficient (Wildman–Crippen LogP) is 8.02. The molecule has 0 radical (unpaired) electrons. The minimum absolute atomic E-state index is 0.224. The Morgan fingerprint density at radius 3 is 1.90 bits per heavy atom. The van der Waals surface area contributed by atoms with E-state index in [-0.39, 0.29) is 29.3 Å². The van der Waals surface area contributed by atoms with Gasteiger partial charge >= 0.3 is 17.9 Å². The van der Waals surface area contributed by atoms with Crippen LogP contribution in [0.4, 0.5) is 0 Å². The second kappa shape index (κ2) is 15.2. The molecule has 2 rings (SSSR count). The Morgan fingerprint density at radius 1 is 0.850 bits per heavy atom. The highest BCUT2D eigenvalue weighted by Gasteiger charge is 2.31. The number of carboxylic acids is 1. The van der Waals surface area contributed by atoms with Crippen molar-refractivity contribution in [2.75, 3.05) is 6.61 Å². The Morgan fingerprint density at radius 2 is 1.40 bits per heavy atom. The number of unbranched alkanes of at least 4 members (excludes halogenated alkanes) is 1. The summed E-state index contributed by atoms with van der Waals surface area (Å²) in [5, 5.41) is 9.13. The van der Waals surface area contributed by atoms with E-state index in [0.29, 0.717) is 32.3 Å². The Balaban J connectivity index is 2.16. The molecule has 220 valence electrons. The summed E-state index contributed by atoms with van der Waals surface area (Å²) in [6.45, 7) is 14.9. The molecule has 0 aliphatic carbocycles. The molecule has 0 heterocycles. The van der Waals surface area contributed by atoms with Gasteiger partial charge in [0.15, 0.2) is 0 Å². The van der Waals surface area contributed by atoms with Crippen LogP contribution >= 0.6 is 0 Å². The molecule has 2 atom stereocenters. The minimum Gasteiger partial charge on any atom is -0.478 e. The molecule has 0 aliphatic rings. The van der Waals surface area contributed by atoms with Crippen LogP contribution in [0.15, 0.2) is 48.5 Å². The second-order valence-electron chi connectivity index (χ2n) is 12.9. The quantitative estimate of drug-likeness (QED) is 0.173. The Kier molecular flexibility index (Phi) is 12.6. The van der Waals surface area contributed by atoms with Gasteiger partial charge in [0.05, 0.1) is 24.0 Å². The van der Waals surface area contributed by atoms with Crippen LogP contribution in [0.5, 0.6) is 0 Å². The zero-order valence-corrected chi connectivity index (χ0v) is 26.4. The molecule has 40 heavy (non-hydrogen) atoms. The Bertz CT molecular complexity index is 1090. The van der Waals surface area contributed by atoms with Gasteiger partial charge in [0, 0.05) is 8.07 Å². The lowest BCUT2D eigenvalue weighted by Crippen LogP contribution is -2.32. The summed E-state index contributed by atoms with van der Waals surface area (Å²) in [6, 6.07) is 15.8. The highest BCUT2D eigenvalue weighted by molar-refractivity contribution is 6.76. The van der Waals surface area contributed by atoms with E-state index in [1.165, 1.54) is 0 Å². The van der Waals surface area contributed by atoms with Gasteiger partial charge in [-0.2, -0.15) is 0 Å². The minimum atomic E-state index is -1.35. The van der Waals surface area contributed by atoms with Crippen LogP contribution in [0.2, 0.25) is 25.7 Å². The van der Waals surface area contributed by atoms with Gasteiger partial charge in [-0.25, -0.2) is 4.79 Å². The van der Waals surface area contributed by atoms with Gasteiger partial charge in [0.1, 0.15) is 5.60 Å². The predicted molar refractivity (Wildman–Crippen MR) is 163 cm³/mol. The van der Waals surface area contributed by atoms with Crippen LogP contribution in [0.3, 0.4) is 0 Å². The lowest BCUT2D eigenvalue weighted by molar-refractivity contribution is -0.162. The summed E-state index contributed by atoms with van der Waals surface area (Å²) in [6.07, 6.45) is 4.26. The van der Waals surface area contributed by atoms with E-state index < -0.39 is 19.6 Å². The molecule has 0 amide bonds. The van der Waals surface area contributed by atoms with Crippen molar-refractivity contribution < 1.29 is 29.0 Å². The van der Waals surface area contributed by atoms with Gasteiger partial charge in [-0.15, -0.1) is 0 Å². The van der Waals surface area contributed by atoms with E-state index in [1.807, 2.05) is 45.0 Å². The van der Waals surface area contributed by atoms with Crippen LogP contribution in [0.25, 0.3) is 11.1 Å². The number of ether oxygens (including phenoxy) is 2. The second-order valence-corrected chi connectivity index (χ2v) is 18.5. The molecule has 2 aromatic carbocycles. The van der Waals surface area contributed by atoms with Crippen molar-refractivity contribution in [1.82, 2.24) is 0 Å².